The van der Waals surface area contributed by atoms with Crippen molar-refractivity contribution in [2.24, 2.45) is 0 Å². The summed E-state index contributed by atoms with van der Waals surface area (Å²) in [5.41, 5.74) is 0. The quantitative estimate of drug-likeness (QED) is 0.772. The lowest BCUT2D eigenvalue weighted by Crippen LogP contribution is -2.31. The van der Waals surface area contributed by atoms with Crippen molar-refractivity contribution in [3.8, 4) is 0 Å². The number of unbranched alkanes of at least 4 members (excludes halogenated alkanes) is 1. The van der Waals surface area contributed by atoms with Crippen LogP contribution in [0.4, 0.5) is 0 Å². The van der Waals surface area contributed by atoms with E-state index in [1.165, 1.54) is 0 Å². The first-order valence-corrected chi connectivity index (χ1v) is 6.89. The van der Waals surface area contributed by atoms with Crippen LogP contribution in [-0.4, -0.2) is 39.2 Å². The third-order valence-electron chi connectivity index (χ3n) is 2.88. The molecule has 0 aliphatic heterocycles. The molecule has 0 fully saturated rings. The zero-order valence-electron chi connectivity index (χ0n) is 11.4. The van der Waals surface area contributed by atoms with E-state index in [2.05, 4.69) is 24.0 Å². The number of aromatic amines is 1. The van der Waals surface area contributed by atoms with Gasteiger partial charge in [-0.15, -0.1) is 0 Å². The Bertz CT molecular complexity index is 438. The van der Waals surface area contributed by atoms with Gasteiger partial charge in [-0.05, 0) is 25.1 Å². The molecule has 1 aromatic heterocycles. The topological polar surface area (TPSA) is 53.9 Å². The molecule has 6 heteroatoms. The number of carbonyl (C=O) groups is 1. The van der Waals surface area contributed by atoms with E-state index in [1.807, 2.05) is 7.05 Å². The predicted molar refractivity (Wildman–Crippen MR) is 74.0 cm³/mol. The van der Waals surface area contributed by atoms with Crippen LogP contribution in [0.1, 0.15) is 38.9 Å². The van der Waals surface area contributed by atoms with Crippen molar-refractivity contribution in [2.45, 2.75) is 46.1 Å². The number of nitrogens with zero attached hydrogens (tertiary/aromatic N) is 3. The third-order valence-corrected chi connectivity index (χ3v) is 3.19. The molecule has 0 unspecified atom stereocenters. The summed E-state index contributed by atoms with van der Waals surface area (Å²) in [6, 6.07) is 0. The number of amides is 1. The number of hydrogen-bond donors (Lipinski definition) is 1. The van der Waals surface area contributed by atoms with Gasteiger partial charge in [-0.3, -0.25) is 14.5 Å². The Morgan fingerprint density at radius 2 is 2.17 bits per heavy atom. The molecule has 0 aliphatic carbocycles. The number of carbonyl (C=O) groups excluding carboxylic acids is 1. The Balaban J connectivity index is 2.69. The smallest absolute Gasteiger partial charge is 0.242 e. The maximum atomic E-state index is 12.0. The lowest BCUT2D eigenvalue weighted by atomic mass is 10.3. The highest BCUT2D eigenvalue weighted by molar-refractivity contribution is 7.71. The van der Waals surface area contributed by atoms with Gasteiger partial charge in [0.15, 0.2) is 4.77 Å². The number of hydrogen-bond acceptors (Lipinski definition) is 3. The zero-order valence-corrected chi connectivity index (χ0v) is 12.2. The number of nitrogens with one attached hydrogen (secondary N) is 1. The van der Waals surface area contributed by atoms with Gasteiger partial charge >= 0.3 is 0 Å². The Morgan fingerprint density at radius 1 is 1.44 bits per heavy atom. The predicted octanol–water partition coefficient (Wildman–Crippen LogP) is 2.15. The van der Waals surface area contributed by atoms with Crippen LogP contribution in [-0.2, 0) is 17.8 Å². The van der Waals surface area contributed by atoms with Crippen LogP contribution in [0.15, 0.2) is 0 Å². The average Bonchev–Trinajstić information content (AvgIpc) is 2.69. The summed E-state index contributed by atoms with van der Waals surface area (Å²) in [7, 11) is 1.83. The molecule has 0 bridgehead atoms. The Morgan fingerprint density at radius 3 is 2.78 bits per heavy atom. The molecular weight excluding hydrogens is 248 g/mol. The molecular formula is C12H22N4OS. The molecule has 0 aromatic carbocycles. The molecule has 0 atom stereocenters. The second-order valence-corrected chi connectivity index (χ2v) is 4.84. The van der Waals surface area contributed by atoms with Gasteiger partial charge in [0.2, 0.25) is 5.91 Å². The lowest BCUT2D eigenvalue weighted by Gasteiger charge is -2.17. The van der Waals surface area contributed by atoms with Crippen molar-refractivity contribution >= 4 is 18.1 Å². The summed E-state index contributed by atoms with van der Waals surface area (Å²) in [4.78, 5) is 13.8. The van der Waals surface area contributed by atoms with Crippen LogP contribution in [0.2, 0.25) is 0 Å². The molecule has 1 amide bonds. The van der Waals surface area contributed by atoms with Crippen LogP contribution < -0.4 is 0 Å². The number of likely N-dealkylation sites (N-methyl/N-ethyl adjacent to an activating group) is 1. The molecule has 1 aromatic rings. The number of H-pyrrole nitrogens is 1. The number of rotatable bonds is 7. The van der Waals surface area contributed by atoms with Gasteiger partial charge in [-0.2, -0.15) is 5.10 Å². The highest BCUT2D eigenvalue weighted by Crippen LogP contribution is 2.03. The summed E-state index contributed by atoms with van der Waals surface area (Å²) in [6.07, 6.45) is 3.93. The summed E-state index contributed by atoms with van der Waals surface area (Å²) in [5, 5.41) is 6.91. The standard InChI is InChI=1S/C12H22N4OS/c1-4-6-8-15(3)11(17)9-16-10(7-5-2)13-14-12(16)18/h4-9H2,1-3H3,(H,14,18). The van der Waals surface area contributed by atoms with E-state index >= 15 is 0 Å². The highest BCUT2D eigenvalue weighted by Gasteiger charge is 2.13. The van der Waals surface area contributed by atoms with Gasteiger partial charge in [0.1, 0.15) is 12.4 Å². The van der Waals surface area contributed by atoms with Gasteiger partial charge in [0.05, 0.1) is 0 Å². The van der Waals surface area contributed by atoms with Crippen LogP contribution >= 0.6 is 12.2 Å². The maximum Gasteiger partial charge on any atom is 0.242 e. The van der Waals surface area contributed by atoms with Crippen molar-refractivity contribution in [3.63, 3.8) is 0 Å². The monoisotopic (exact) mass is 270 g/mol. The van der Waals surface area contributed by atoms with E-state index < -0.39 is 0 Å². The van der Waals surface area contributed by atoms with Crippen molar-refractivity contribution in [1.29, 1.82) is 0 Å². The fourth-order valence-electron chi connectivity index (χ4n) is 1.70. The first kappa shape index (κ1) is 14.9. The maximum absolute atomic E-state index is 12.0. The summed E-state index contributed by atoms with van der Waals surface area (Å²) in [6.45, 7) is 5.27. The van der Waals surface area contributed by atoms with Crippen LogP contribution in [0.25, 0.3) is 0 Å². The summed E-state index contributed by atoms with van der Waals surface area (Å²) in [5.74, 6) is 0.943. The van der Waals surface area contributed by atoms with Gasteiger partial charge in [0, 0.05) is 20.0 Å². The van der Waals surface area contributed by atoms with Crippen molar-refractivity contribution in [2.75, 3.05) is 13.6 Å². The fourth-order valence-corrected chi connectivity index (χ4v) is 1.92. The molecule has 0 radical (unpaired) electrons. The van der Waals surface area contributed by atoms with Crippen molar-refractivity contribution in [3.05, 3.63) is 10.6 Å². The molecule has 18 heavy (non-hydrogen) atoms. The zero-order chi connectivity index (χ0) is 13.5. The Labute approximate surface area is 113 Å². The normalized spacial score (nSPS) is 10.6. The van der Waals surface area contributed by atoms with E-state index in [4.69, 9.17) is 12.2 Å². The van der Waals surface area contributed by atoms with Crippen molar-refractivity contribution in [1.82, 2.24) is 19.7 Å². The first-order valence-electron chi connectivity index (χ1n) is 6.48. The molecule has 5 nitrogen and oxygen atoms in total. The SMILES string of the molecule is CCCCN(C)C(=O)Cn1c(CCC)n[nH]c1=S. The van der Waals surface area contributed by atoms with E-state index in [0.717, 1.165) is 38.1 Å². The molecule has 1 N–H and O–H groups in total. The largest absolute Gasteiger partial charge is 0.344 e. The lowest BCUT2D eigenvalue weighted by molar-refractivity contribution is -0.130. The second-order valence-electron chi connectivity index (χ2n) is 4.45. The molecule has 0 aliphatic rings. The summed E-state index contributed by atoms with van der Waals surface area (Å²) < 4.78 is 2.32. The minimum absolute atomic E-state index is 0.0818. The second kappa shape index (κ2) is 7.31. The van der Waals surface area contributed by atoms with Gasteiger partial charge in [0.25, 0.3) is 0 Å². The van der Waals surface area contributed by atoms with Gasteiger partial charge in [-0.1, -0.05) is 20.3 Å². The van der Waals surface area contributed by atoms with Gasteiger partial charge < -0.3 is 4.90 Å². The van der Waals surface area contributed by atoms with E-state index in [0.29, 0.717) is 4.77 Å². The van der Waals surface area contributed by atoms with Crippen LogP contribution in [0.5, 0.6) is 0 Å². The minimum Gasteiger partial charge on any atom is -0.344 e. The Kier molecular flexibility index (Phi) is 6.04. The molecule has 1 heterocycles. The van der Waals surface area contributed by atoms with E-state index in [1.54, 1.807) is 9.47 Å². The Hall–Kier alpha value is -1.17. The average molecular weight is 270 g/mol. The molecule has 0 saturated heterocycles. The summed E-state index contributed by atoms with van der Waals surface area (Å²) >= 11 is 5.15. The molecule has 0 saturated carbocycles. The third kappa shape index (κ3) is 3.94. The first-order chi connectivity index (χ1) is 8.60. The van der Waals surface area contributed by atoms with Crippen LogP contribution in [0, 0.1) is 4.77 Å². The van der Waals surface area contributed by atoms with Gasteiger partial charge in [-0.25, -0.2) is 0 Å². The van der Waals surface area contributed by atoms with E-state index in [-0.39, 0.29) is 12.5 Å². The van der Waals surface area contributed by atoms with Crippen LogP contribution in [0.3, 0.4) is 0 Å². The molecule has 1 rings (SSSR count). The fraction of sp³-hybridized carbons (Fsp3) is 0.750. The molecule has 0 spiro atoms. The number of aryl methyl sites for hydroxylation is 1. The minimum atomic E-state index is 0.0818. The highest BCUT2D eigenvalue weighted by atomic mass is 32.1. The van der Waals surface area contributed by atoms with Crippen molar-refractivity contribution < 1.29 is 4.79 Å². The van der Waals surface area contributed by atoms with E-state index in [9.17, 15) is 4.79 Å². The molecule has 102 valence electrons. The number of aromatic nitrogens is 3.